The van der Waals surface area contributed by atoms with Gasteiger partial charge in [-0.15, -0.1) is 0 Å². The molecule has 0 atom stereocenters. The van der Waals surface area contributed by atoms with Crippen molar-refractivity contribution in [2.45, 2.75) is 6.92 Å². The highest BCUT2D eigenvalue weighted by Crippen LogP contribution is 2.13. The molecule has 0 aliphatic carbocycles. The smallest absolute Gasteiger partial charge is 0.341 e. The Morgan fingerprint density at radius 3 is 2.85 bits per heavy atom. The van der Waals surface area contributed by atoms with Crippen LogP contribution in [0.25, 0.3) is 0 Å². The van der Waals surface area contributed by atoms with E-state index in [4.69, 9.17) is 16.2 Å². The largest absolute Gasteiger partial charge is 0.462 e. The summed E-state index contributed by atoms with van der Waals surface area (Å²) in [5.74, 6) is -0.196. The molecule has 0 amide bonds. The van der Waals surface area contributed by atoms with E-state index in [1.54, 1.807) is 6.92 Å². The first-order chi connectivity index (χ1) is 6.15. The molecule has 1 rings (SSSR count). The molecule has 5 nitrogen and oxygen atoms in total. The maximum absolute atomic E-state index is 11.2. The molecule has 0 aromatic carbocycles. The van der Waals surface area contributed by atoms with Crippen LogP contribution < -0.4 is 11.5 Å². The molecule has 1 aromatic rings. The Labute approximate surface area is 75.7 Å². The molecule has 0 aliphatic heterocycles. The molecule has 0 fully saturated rings. The van der Waals surface area contributed by atoms with Gasteiger partial charge in [0.2, 0.25) is 0 Å². The van der Waals surface area contributed by atoms with E-state index in [1.165, 1.54) is 12.3 Å². The monoisotopic (exact) mass is 181 g/mol. The third-order valence-corrected chi connectivity index (χ3v) is 1.45. The van der Waals surface area contributed by atoms with E-state index < -0.39 is 5.97 Å². The van der Waals surface area contributed by atoms with Crippen molar-refractivity contribution in [3.63, 3.8) is 0 Å². The zero-order chi connectivity index (χ0) is 9.84. The predicted octanol–water partition coefficient (Wildman–Crippen LogP) is 0.423. The summed E-state index contributed by atoms with van der Waals surface area (Å²) in [6.07, 6.45) is 1.31. The van der Waals surface area contributed by atoms with Crippen LogP contribution >= 0.6 is 0 Å². The number of aromatic nitrogens is 1. The lowest BCUT2D eigenvalue weighted by Crippen LogP contribution is -2.09. The van der Waals surface area contributed by atoms with E-state index in [2.05, 4.69) is 4.98 Å². The van der Waals surface area contributed by atoms with Crippen LogP contribution in [0.2, 0.25) is 0 Å². The third kappa shape index (κ3) is 2.08. The van der Waals surface area contributed by atoms with Gasteiger partial charge in [0.15, 0.2) is 0 Å². The van der Waals surface area contributed by atoms with E-state index in [0.29, 0.717) is 6.61 Å². The average Bonchev–Trinajstić information content (AvgIpc) is 2.04. The Kier molecular flexibility index (Phi) is 2.69. The maximum Gasteiger partial charge on any atom is 0.341 e. The Hall–Kier alpha value is -1.78. The second kappa shape index (κ2) is 3.75. The fraction of sp³-hybridized carbons (Fsp3) is 0.250. The summed E-state index contributed by atoms with van der Waals surface area (Å²) in [6, 6.07) is 1.42. The molecular weight excluding hydrogens is 170 g/mol. The Balaban J connectivity index is 2.95. The van der Waals surface area contributed by atoms with E-state index in [9.17, 15) is 4.79 Å². The Morgan fingerprint density at radius 2 is 2.31 bits per heavy atom. The summed E-state index contributed by atoms with van der Waals surface area (Å²) in [4.78, 5) is 14.9. The Bertz CT molecular complexity index is 325. The quantitative estimate of drug-likeness (QED) is 0.645. The van der Waals surface area contributed by atoms with Crippen LogP contribution in [0.5, 0.6) is 0 Å². The molecule has 0 radical (unpaired) electrons. The standard InChI is InChI=1S/C8H11N3O2/c1-2-13-8(12)5-4-11-7(10)3-6(5)9/h3-4H,2H2,1H3,(H4,9,10,11). The van der Waals surface area contributed by atoms with Gasteiger partial charge < -0.3 is 16.2 Å². The van der Waals surface area contributed by atoms with Crippen molar-refractivity contribution in [3.8, 4) is 0 Å². The molecular formula is C8H11N3O2. The SMILES string of the molecule is CCOC(=O)c1cnc(N)cc1N. The molecule has 0 saturated heterocycles. The van der Waals surface area contributed by atoms with Crippen molar-refractivity contribution < 1.29 is 9.53 Å². The number of carbonyl (C=O) groups is 1. The zero-order valence-electron chi connectivity index (χ0n) is 7.28. The first kappa shape index (κ1) is 9.31. The Morgan fingerprint density at radius 1 is 1.62 bits per heavy atom. The summed E-state index contributed by atoms with van der Waals surface area (Å²) >= 11 is 0. The number of esters is 1. The van der Waals surface area contributed by atoms with Crippen molar-refractivity contribution in [2.24, 2.45) is 0 Å². The number of pyridine rings is 1. The first-order valence-corrected chi connectivity index (χ1v) is 3.83. The molecule has 4 N–H and O–H groups in total. The third-order valence-electron chi connectivity index (χ3n) is 1.45. The van der Waals surface area contributed by atoms with Crippen LogP contribution in [0, 0.1) is 0 Å². The number of hydrogen-bond donors (Lipinski definition) is 2. The average molecular weight is 181 g/mol. The summed E-state index contributed by atoms with van der Waals surface area (Å²) < 4.78 is 4.75. The van der Waals surface area contributed by atoms with E-state index in [0.717, 1.165) is 0 Å². The number of hydrogen-bond acceptors (Lipinski definition) is 5. The van der Waals surface area contributed by atoms with Crippen LogP contribution in [0.15, 0.2) is 12.3 Å². The first-order valence-electron chi connectivity index (χ1n) is 3.83. The van der Waals surface area contributed by atoms with Crippen LogP contribution in [-0.2, 0) is 4.74 Å². The minimum Gasteiger partial charge on any atom is -0.462 e. The van der Waals surface area contributed by atoms with Gasteiger partial charge in [0.1, 0.15) is 11.4 Å². The van der Waals surface area contributed by atoms with Gasteiger partial charge in [-0.1, -0.05) is 0 Å². The van der Waals surface area contributed by atoms with Crippen molar-refractivity contribution in [3.05, 3.63) is 17.8 Å². The molecule has 5 heteroatoms. The van der Waals surface area contributed by atoms with Gasteiger partial charge >= 0.3 is 5.97 Å². The number of nitrogens with zero attached hydrogens (tertiary/aromatic N) is 1. The number of carbonyl (C=O) groups excluding carboxylic acids is 1. The number of ether oxygens (including phenoxy) is 1. The zero-order valence-corrected chi connectivity index (χ0v) is 7.28. The molecule has 0 bridgehead atoms. The molecule has 0 unspecified atom stereocenters. The molecule has 0 spiro atoms. The van der Waals surface area contributed by atoms with Gasteiger partial charge in [-0.2, -0.15) is 0 Å². The van der Waals surface area contributed by atoms with E-state index in [-0.39, 0.29) is 17.1 Å². The molecule has 0 saturated carbocycles. The van der Waals surface area contributed by atoms with Gasteiger partial charge in [-0.3, -0.25) is 0 Å². The van der Waals surface area contributed by atoms with Crippen molar-refractivity contribution >= 4 is 17.5 Å². The lowest BCUT2D eigenvalue weighted by Gasteiger charge is -2.04. The van der Waals surface area contributed by atoms with Crippen molar-refractivity contribution in [1.29, 1.82) is 0 Å². The fourth-order valence-electron chi connectivity index (χ4n) is 0.867. The van der Waals surface area contributed by atoms with E-state index in [1.807, 2.05) is 0 Å². The number of nitrogen functional groups attached to an aromatic ring is 2. The molecule has 13 heavy (non-hydrogen) atoms. The van der Waals surface area contributed by atoms with Gasteiger partial charge in [0, 0.05) is 12.3 Å². The van der Waals surface area contributed by atoms with E-state index >= 15 is 0 Å². The summed E-state index contributed by atoms with van der Waals surface area (Å²) in [7, 11) is 0. The fourth-order valence-corrected chi connectivity index (χ4v) is 0.867. The lowest BCUT2D eigenvalue weighted by atomic mass is 10.2. The van der Waals surface area contributed by atoms with Crippen molar-refractivity contribution in [2.75, 3.05) is 18.1 Å². The summed E-state index contributed by atoms with van der Waals surface area (Å²) in [5, 5.41) is 0. The predicted molar refractivity (Wildman–Crippen MR) is 49.0 cm³/mol. The van der Waals surface area contributed by atoms with Crippen molar-refractivity contribution in [1.82, 2.24) is 4.98 Å². The number of nitrogens with two attached hydrogens (primary N) is 2. The minimum atomic E-state index is -0.479. The topological polar surface area (TPSA) is 91.2 Å². The molecule has 1 aromatic heterocycles. The highest BCUT2D eigenvalue weighted by molar-refractivity contribution is 5.95. The second-order valence-electron chi connectivity index (χ2n) is 2.42. The van der Waals surface area contributed by atoms with Gasteiger partial charge in [0.25, 0.3) is 0 Å². The highest BCUT2D eigenvalue weighted by atomic mass is 16.5. The van der Waals surface area contributed by atoms with Crippen LogP contribution in [-0.4, -0.2) is 17.6 Å². The van der Waals surface area contributed by atoms with Crippen LogP contribution in [0.4, 0.5) is 11.5 Å². The molecule has 70 valence electrons. The lowest BCUT2D eigenvalue weighted by molar-refractivity contribution is 0.0527. The molecule has 0 aliphatic rings. The van der Waals surface area contributed by atoms with Crippen LogP contribution in [0.3, 0.4) is 0 Å². The maximum atomic E-state index is 11.2. The van der Waals surface area contributed by atoms with Gasteiger partial charge in [-0.05, 0) is 6.92 Å². The van der Waals surface area contributed by atoms with Gasteiger partial charge in [0.05, 0.1) is 12.3 Å². The number of anilines is 2. The van der Waals surface area contributed by atoms with Gasteiger partial charge in [-0.25, -0.2) is 9.78 Å². The summed E-state index contributed by atoms with van der Waals surface area (Å²) in [6.45, 7) is 2.03. The number of rotatable bonds is 2. The minimum absolute atomic E-state index is 0.246. The highest BCUT2D eigenvalue weighted by Gasteiger charge is 2.10. The second-order valence-corrected chi connectivity index (χ2v) is 2.42. The normalized spacial score (nSPS) is 9.62. The summed E-state index contributed by atoms with van der Waals surface area (Å²) in [5.41, 5.74) is 11.4. The van der Waals surface area contributed by atoms with Crippen LogP contribution in [0.1, 0.15) is 17.3 Å². The molecule has 1 heterocycles.